The molecule has 0 amide bonds. The van der Waals surface area contributed by atoms with Crippen LogP contribution in [0.4, 0.5) is 13.2 Å². The van der Waals surface area contributed by atoms with Crippen molar-refractivity contribution in [2.45, 2.75) is 19.2 Å². The van der Waals surface area contributed by atoms with Gasteiger partial charge < -0.3 is 4.74 Å². The number of hydrogen-bond acceptors (Lipinski definition) is 3. The van der Waals surface area contributed by atoms with Gasteiger partial charge in [-0.25, -0.2) is 0 Å². The number of rotatable bonds is 5. The Balaban J connectivity index is 2.54. The SMILES string of the molecule is N#CCC(=O)COCc1cccc(C(F)(F)F)c1. The molecule has 6 heteroatoms. The fourth-order valence-electron chi connectivity index (χ4n) is 1.26. The number of alkyl halides is 3. The van der Waals surface area contributed by atoms with Gasteiger partial charge in [-0.05, 0) is 17.7 Å². The van der Waals surface area contributed by atoms with Crippen LogP contribution in [-0.2, 0) is 22.3 Å². The minimum Gasteiger partial charge on any atom is -0.369 e. The molecule has 1 rings (SSSR count). The van der Waals surface area contributed by atoms with E-state index in [-0.39, 0.29) is 19.6 Å². The van der Waals surface area contributed by atoms with Crippen LogP contribution < -0.4 is 0 Å². The zero-order chi connectivity index (χ0) is 13.6. The van der Waals surface area contributed by atoms with Gasteiger partial charge in [-0.3, -0.25) is 4.79 Å². The Hall–Kier alpha value is -1.87. The molecular weight excluding hydrogens is 247 g/mol. The molecule has 1 aromatic carbocycles. The van der Waals surface area contributed by atoms with E-state index in [0.717, 1.165) is 12.1 Å². The number of carbonyl (C=O) groups excluding carboxylic acids is 1. The average Bonchev–Trinajstić information content (AvgIpc) is 2.29. The van der Waals surface area contributed by atoms with Crippen molar-refractivity contribution >= 4 is 5.78 Å². The summed E-state index contributed by atoms with van der Waals surface area (Å²) in [5, 5.41) is 8.23. The molecule has 0 aliphatic rings. The largest absolute Gasteiger partial charge is 0.416 e. The number of Topliss-reactive ketones (excluding diaryl/α,β-unsaturated/α-hetero) is 1. The summed E-state index contributed by atoms with van der Waals surface area (Å²) in [6.45, 7) is -0.370. The van der Waals surface area contributed by atoms with E-state index < -0.39 is 17.5 Å². The number of ether oxygens (including phenoxy) is 1. The molecule has 0 spiro atoms. The summed E-state index contributed by atoms with van der Waals surface area (Å²) in [5.74, 6) is -0.399. The van der Waals surface area contributed by atoms with Crippen molar-refractivity contribution in [3.8, 4) is 6.07 Å². The zero-order valence-corrected chi connectivity index (χ0v) is 9.33. The Morgan fingerprint density at radius 3 is 2.72 bits per heavy atom. The maximum atomic E-state index is 12.4. The highest BCUT2D eigenvalue weighted by atomic mass is 19.4. The maximum absolute atomic E-state index is 12.4. The van der Waals surface area contributed by atoms with Crippen molar-refractivity contribution in [2.24, 2.45) is 0 Å². The molecule has 0 N–H and O–H groups in total. The lowest BCUT2D eigenvalue weighted by Crippen LogP contribution is -2.09. The van der Waals surface area contributed by atoms with E-state index in [1.54, 1.807) is 6.07 Å². The molecule has 0 aliphatic heterocycles. The van der Waals surface area contributed by atoms with Crippen LogP contribution in [0.25, 0.3) is 0 Å². The lowest BCUT2D eigenvalue weighted by atomic mass is 10.1. The minimum atomic E-state index is -4.40. The van der Waals surface area contributed by atoms with Gasteiger partial charge in [-0.15, -0.1) is 0 Å². The van der Waals surface area contributed by atoms with Gasteiger partial charge in [0.15, 0.2) is 5.78 Å². The highest BCUT2D eigenvalue weighted by Gasteiger charge is 2.30. The fourth-order valence-corrected chi connectivity index (χ4v) is 1.26. The average molecular weight is 257 g/mol. The molecule has 0 heterocycles. The van der Waals surface area contributed by atoms with Crippen LogP contribution in [0.1, 0.15) is 17.5 Å². The number of nitrogens with zero attached hydrogens (tertiary/aromatic N) is 1. The Morgan fingerprint density at radius 1 is 1.39 bits per heavy atom. The molecule has 0 aromatic heterocycles. The number of carbonyl (C=O) groups is 1. The molecule has 96 valence electrons. The van der Waals surface area contributed by atoms with Crippen LogP contribution >= 0.6 is 0 Å². The monoisotopic (exact) mass is 257 g/mol. The van der Waals surface area contributed by atoms with E-state index >= 15 is 0 Å². The lowest BCUT2D eigenvalue weighted by molar-refractivity contribution is -0.137. The van der Waals surface area contributed by atoms with Gasteiger partial charge in [0, 0.05) is 0 Å². The molecule has 0 radical (unpaired) electrons. The summed E-state index contributed by atoms with van der Waals surface area (Å²) in [7, 11) is 0. The summed E-state index contributed by atoms with van der Waals surface area (Å²) >= 11 is 0. The van der Waals surface area contributed by atoms with Gasteiger partial charge >= 0.3 is 6.18 Å². The third-order valence-electron chi connectivity index (χ3n) is 2.06. The van der Waals surface area contributed by atoms with Gasteiger partial charge in [0.2, 0.25) is 0 Å². The van der Waals surface area contributed by atoms with Crippen LogP contribution in [0.2, 0.25) is 0 Å². The van der Waals surface area contributed by atoms with E-state index in [0.29, 0.717) is 5.56 Å². The Labute approximate surface area is 102 Å². The summed E-state index contributed by atoms with van der Waals surface area (Å²) < 4.78 is 42.1. The molecule has 0 bridgehead atoms. The second-order valence-electron chi connectivity index (χ2n) is 3.56. The Bertz CT molecular complexity index is 463. The molecule has 0 unspecified atom stereocenters. The predicted molar refractivity (Wildman–Crippen MR) is 56.3 cm³/mol. The number of benzene rings is 1. The van der Waals surface area contributed by atoms with Crippen LogP contribution in [-0.4, -0.2) is 12.4 Å². The van der Waals surface area contributed by atoms with Crippen molar-refractivity contribution < 1.29 is 22.7 Å². The smallest absolute Gasteiger partial charge is 0.369 e. The van der Waals surface area contributed by atoms with Crippen LogP contribution in [0.3, 0.4) is 0 Å². The van der Waals surface area contributed by atoms with Crippen molar-refractivity contribution in [2.75, 3.05) is 6.61 Å². The number of hydrogen-bond donors (Lipinski definition) is 0. The molecule has 0 saturated heterocycles. The third kappa shape index (κ3) is 4.55. The summed E-state index contributed by atoms with van der Waals surface area (Å²) in [5.41, 5.74) is -0.429. The van der Waals surface area contributed by atoms with E-state index in [1.807, 2.05) is 0 Å². The second-order valence-corrected chi connectivity index (χ2v) is 3.56. The van der Waals surface area contributed by atoms with Crippen LogP contribution in [0.5, 0.6) is 0 Å². The summed E-state index contributed by atoms with van der Waals surface area (Å²) in [4.78, 5) is 10.9. The maximum Gasteiger partial charge on any atom is 0.416 e. The predicted octanol–water partition coefficient (Wildman–Crippen LogP) is 2.70. The van der Waals surface area contributed by atoms with Crippen molar-refractivity contribution in [3.63, 3.8) is 0 Å². The molecule has 0 saturated carbocycles. The van der Waals surface area contributed by atoms with Crippen molar-refractivity contribution in [3.05, 3.63) is 35.4 Å². The fraction of sp³-hybridized carbons (Fsp3) is 0.333. The van der Waals surface area contributed by atoms with Crippen molar-refractivity contribution in [1.29, 1.82) is 5.26 Å². The lowest BCUT2D eigenvalue weighted by Gasteiger charge is -2.08. The van der Waals surface area contributed by atoms with Gasteiger partial charge in [-0.1, -0.05) is 12.1 Å². The summed E-state index contributed by atoms with van der Waals surface area (Å²) in [6.07, 6.45) is -4.66. The number of ketones is 1. The molecule has 0 fully saturated rings. The van der Waals surface area contributed by atoms with E-state index in [9.17, 15) is 18.0 Å². The van der Waals surface area contributed by atoms with E-state index in [1.165, 1.54) is 12.1 Å². The molecular formula is C12H10F3NO2. The zero-order valence-electron chi connectivity index (χ0n) is 9.33. The summed E-state index contributed by atoms with van der Waals surface area (Å²) in [6, 6.07) is 6.35. The van der Waals surface area contributed by atoms with Gasteiger partial charge in [-0.2, -0.15) is 18.4 Å². The van der Waals surface area contributed by atoms with Gasteiger partial charge in [0.25, 0.3) is 0 Å². The molecule has 0 aliphatic carbocycles. The van der Waals surface area contributed by atoms with E-state index in [2.05, 4.69) is 0 Å². The normalized spacial score (nSPS) is 11.0. The van der Waals surface area contributed by atoms with Crippen molar-refractivity contribution in [1.82, 2.24) is 0 Å². The molecule has 18 heavy (non-hydrogen) atoms. The first-order chi connectivity index (χ1) is 8.43. The third-order valence-corrected chi connectivity index (χ3v) is 2.06. The molecule has 1 aromatic rings. The Morgan fingerprint density at radius 2 is 2.11 bits per heavy atom. The number of halogens is 3. The van der Waals surface area contributed by atoms with Gasteiger partial charge in [0.05, 0.1) is 24.7 Å². The first kappa shape index (κ1) is 14.2. The highest BCUT2D eigenvalue weighted by molar-refractivity contribution is 5.81. The number of nitriles is 1. The molecule has 3 nitrogen and oxygen atoms in total. The highest BCUT2D eigenvalue weighted by Crippen LogP contribution is 2.29. The van der Waals surface area contributed by atoms with Crippen LogP contribution in [0, 0.1) is 11.3 Å². The molecule has 0 atom stereocenters. The Kier molecular flexibility index (Phi) is 4.86. The second kappa shape index (κ2) is 6.17. The first-order valence-corrected chi connectivity index (χ1v) is 5.06. The van der Waals surface area contributed by atoms with Crippen LogP contribution in [0.15, 0.2) is 24.3 Å². The quantitative estimate of drug-likeness (QED) is 0.814. The van der Waals surface area contributed by atoms with E-state index in [4.69, 9.17) is 10.00 Å². The first-order valence-electron chi connectivity index (χ1n) is 5.06. The standard InChI is InChI=1S/C12H10F3NO2/c13-12(14,15)10-3-1-2-9(6-10)7-18-8-11(17)4-5-16/h1-3,6H,4,7-8H2. The minimum absolute atomic E-state index is 0.0961. The topological polar surface area (TPSA) is 50.1 Å². The van der Waals surface area contributed by atoms with Gasteiger partial charge in [0.1, 0.15) is 6.61 Å².